The minimum Gasteiger partial charge on any atom is -0.386 e. The first-order chi connectivity index (χ1) is 11.7. The quantitative estimate of drug-likeness (QED) is 0.660. The Morgan fingerprint density at radius 1 is 1.25 bits per heavy atom. The molecule has 2 aromatic carbocycles. The van der Waals surface area contributed by atoms with Crippen LogP contribution >= 0.6 is 11.6 Å². The Morgan fingerprint density at radius 2 is 2.00 bits per heavy atom. The summed E-state index contributed by atoms with van der Waals surface area (Å²) in [4.78, 5) is 6.83. The molecule has 2 aromatic rings. The highest BCUT2D eigenvalue weighted by Gasteiger charge is 2.22. The zero-order valence-corrected chi connectivity index (χ0v) is 14.5. The molecule has 0 spiro atoms. The summed E-state index contributed by atoms with van der Waals surface area (Å²) in [6.45, 7) is 4.05. The van der Waals surface area contributed by atoms with E-state index >= 15 is 0 Å². The molecule has 1 heterocycles. The van der Waals surface area contributed by atoms with Crippen LogP contribution in [0.25, 0.3) is 0 Å². The van der Waals surface area contributed by atoms with Gasteiger partial charge < -0.3 is 15.3 Å². The van der Waals surface area contributed by atoms with Gasteiger partial charge in [0.1, 0.15) is 0 Å². The van der Waals surface area contributed by atoms with Crippen molar-refractivity contribution in [1.29, 1.82) is 0 Å². The summed E-state index contributed by atoms with van der Waals surface area (Å²) in [5.41, 5.74) is 3.35. The average Bonchev–Trinajstić information content (AvgIpc) is 3.03. The number of aliphatic imine (C=N–C) groups is 1. The molecule has 0 bridgehead atoms. The topological polar surface area (TPSA) is 47.9 Å². The van der Waals surface area contributed by atoms with Crippen molar-refractivity contribution in [3.05, 3.63) is 64.7 Å². The number of halogens is 1. The van der Waals surface area contributed by atoms with Crippen LogP contribution in [-0.4, -0.2) is 30.7 Å². The number of hydrogen-bond donors (Lipinski definition) is 2. The molecule has 0 aliphatic carbocycles. The van der Waals surface area contributed by atoms with Gasteiger partial charge in [0.25, 0.3) is 0 Å². The van der Waals surface area contributed by atoms with Crippen LogP contribution in [0.4, 0.5) is 5.69 Å². The minimum absolute atomic E-state index is 0.308. The highest BCUT2D eigenvalue weighted by Crippen LogP contribution is 2.27. The van der Waals surface area contributed by atoms with Gasteiger partial charge >= 0.3 is 0 Å². The molecule has 0 fully saturated rings. The smallest absolute Gasteiger partial charge is 0.198 e. The van der Waals surface area contributed by atoms with Crippen molar-refractivity contribution in [2.75, 3.05) is 24.5 Å². The van der Waals surface area contributed by atoms with Crippen LogP contribution < -0.4 is 10.2 Å². The number of rotatable bonds is 4. The Labute approximate surface area is 147 Å². The number of hydrogen-bond acceptors (Lipinski definition) is 2. The molecule has 3 rings (SSSR count). The van der Waals surface area contributed by atoms with Gasteiger partial charge in [-0.15, -0.1) is 0 Å². The summed E-state index contributed by atoms with van der Waals surface area (Å²) < 4.78 is 0. The number of aliphatic hydroxyl groups is 1. The maximum Gasteiger partial charge on any atom is 0.198 e. The zero-order valence-electron chi connectivity index (χ0n) is 13.7. The molecule has 1 aliphatic rings. The fraction of sp³-hybridized carbons (Fsp3) is 0.316. The summed E-state index contributed by atoms with van der Waals surface area (Å²) in [7, 11) is 0. The van der Waals surface area contributed by atoms with E-state index in [2.05, 4.69) is 33.4 Å². The fourth-order valence-electron chi connectivity index (χ4n) is 2.92. The Morgan fingerprint density at radius 3 is 2.75 bits per heavy atom. The second-order valence-corrected chi connectivity index (χ2v) is 6.23. The molecule has 0 aromatic heterocycles. The van der Waals surface area contributed by atoms with E-state index < -0.39 is 6.10 Å². The molecule has 0 saturated carbocycles. The number of guanidine groups is 1. The van der Waals surface area contributed by atoms with E-state index in [4.69, 9.17) is 11.6 Å². The molecular formula is C19H22ClN3O. The van der Waals surface area contributed by atoms with Crippen molar-refractivity contribution in [2.24, 2.45) is 4.99 Å². The highest BCUT2D eigenvalue weighted by atomic mass is 35.5. The van der Waals surface area contributed by atoms with E-state index in [0.717, 1.165) is 31.0 Å². The van der Waals surface area contributed by atoms with Gasteiger partial charge in [-0.2, -0.15) is 0 Å². The van der Waals surface area contributed by atoms with E-state index in [9.17, 15) is 5.11 Å². The summed E-state index contributed by atoms with van der Waals surface area (Å²) in [5, 5.41) is 14.4. The lowest BCUT2D eigenvalue weighted by molar-refractivity contribution is 0.187. The number of para-hydroxylation sites is 1. The van der Waals surface area contributed by atoms with E-state index in [1.54, 1.807) is 12.1 Å². The average molecular weight is 344 g/mol. The molecule has 1 aliphatic heterocycles. The van der Waals surface area contributed by atoms with Crippen molar-refractivity contribution in [1.82, 2.24) is 5.32 Å². The maximum atomic E-state index is 10.4. The predicted octanol–water partition coefficient (Wildman–Crippen LogP) is 3.40. The van der Waals surface area contributed by atoms with Gasteiger partial charge in [-0.05, 0) is 42.7 Å². The molecular weight excluding hydrogens is 322 g/mol. The summed E-state index contributed by atoms with van der Waals surface area (Å²) in [6.07, 6.45) is 0.370. The Bertz CT molecular complexity index is 715. The third-order valence-electron chi connectivity index (χ3n) is 4.15. The predicted molar refractivity (Wildman–Crippen MR) is 99.9 cm³/mol. The maximum absolute atomic E-state index is 10.4. The van der Waals surface area contributed by atoms with Crippen LogP contribution in [0.3, 0.4) is 0 Å². The summed E-state index contributed by atoms with van der Waals surface area (Å²) in [5.74, 6) is 0.815. The van der Waals surface area contributed by atoms with E-state index in [1.165, 1.54) is 11.3 Å². The van der Waals surface area contributed by atoms with E-state index in [-0.39, 0.29) is 0 Å². The third-order valence-corrected chi connectivity index (χ3v) is 4.40. The number of fused-ring (bicyclic) bond motifs is 1. The number of nitrogens with one attached hydrogen (secondary N) is 1. The van der Waals surface area contributed by atoms with Crippen LogP contribution in [0.2, 0.25) is 5.02 Å². The molecule has 1 unspecified atom stereocenters. The first-order valence-electron chi connectivity index (χ1n) is 8.26. The first-order valence-corrected chi connectivity index (χ1v) is 8.64. The second-order valence-electron chi connectivity index (χ2n) is 5.79. The van der Waals surface area contributed by atoms with Crippen LogP contribution in [0, 0.1) is 0 Å². The molecule has 1 atom stereocenters. The van der Waals surface area contributed by atoms with Crippen molar-refractivity contribution in [3.63, 3.8) is 0 Å². The largest absolute Gasteiger partial charge is 0.386 e. The van der Waals surface area contributed by atoms with Gasteiger partial charge in [-0.25, -0.2) is 4.99 Å². The lowest BCUT2D eigenvalue weighted by atomic mass is 10.1. The van der Waals surface area contributed by atoms with Crippen LogP contribution in [0.5, 0.6) is 0 Å². The second kappa shape index (κ2) is 7.69. The summed E-state index contributed by atoms with van der Waals surface area (Å²) in [6, 6.07) is 15.6. The van der Waals surface area contributed by atoms with Gasteiger partial charge in [0.2, 0.25) is 0 Å². The van der Waals surface area contributed by atoms with Crippen LogP contribution in [0.15, 0.2) is 53.5 Å². The van der Waals surface area contributed by atoms with Crippen molar-refractivity contribution >= 4 is 23.2 Å². The monoisotopic (exact) mass is 343 g/mol. The van der Waals surface area contributed by atoms with Crippen molar-refractivity contribution < 1.29 is 5.11 Å². The fourth-order valence-corrected chi connectivity index (χ4v) is 3.04. The molecule has 24 heavy (non-hydrogen) atoms. The van der Waals surface area contributed by atoms with Crippen molar-refractivity contribution in [3.8, 4) is 0 Å². The number of nitrogens with zero attached hydrogens (tertiary/aromatic N) is 2. The van der Waals surface area contributed by atoms with E-state index in [0.29, 0.717) is 11.6 Å². The Kier molecular flexibility index (Phi) is 5.38. The lowest BCUT2D eigenvalue weighted by Gasteiger charge is -2.22. The molecule has 0 amide bonds. The number of anilines is 1. The van der Waals surface area contributed by atoms with Gasteiger partial charge in [0.05, 0.1) is 12.6 Å². The number of aliphatic hydroxyl groups excluding tert-OH is 1. The van der Waals surface area contributed by atoms with Crippen molar-refractivity contribution in [2.45, 2.75) is 19.4 Å². The minimum atomic E-state index is -0.645. The zero-order chi connectivity index (χ0) is 16.9. The standard InChI is InChI=1S/C19H22ClN3O/c1-2-21-19(23-12-11-14-5-3-4-6-17(14)23)22-13-18(24)15-7-9-16(20)10-8-15/h3-10,18,24H,2,11-13H2,1H3,(H,21,22). The van der Waals surface area contributed by atoms with Gasteiger partial charge in [0, 0.05) is 23.8 Å². The molecule has 4 nitrogen and oxygen atoms in total. The highest BCUT2D eigenvalue weighted by molar-refractivity contribution is 6.30. The molecule has 5 heteroatoms. The Balaban J connectivity index is 1.76. The van der Waals surface area contributed by atoms with Gasteiger partial charge in [-0.3, -0.25) is 0 Å². The first kappa shape index (κ1) is 16.8. The molecule has 0 radical (unpaired) electrons. The van der Waals surface area contributed by atoms with Gasteiger partial charge in [0.15, 0.2) is 5.96 Å². The molecule has 0 saturated heterocycles. The SMILES string of the molecule is CCNC(=NCC(O)c1ccc(Cl)cc1)N1CCc2ccccc21. The summed E-state index contributed by atoms with van der Waals surface area (Å²) >= 11 is 5.89. The van der Waals surface area contributed by atoms with Crippen LogP contribution in [-0.2, 0) is 6.42 Å². The normalized spacial score (nSPS) is 15.3. The van der Waals surface area contributed by atoms with Gasteiger partial charge in [-0.1, -0.05) is 41.9 Å². The van der Waals surface area contributed by atoms with Crippen LogP contribution in [0.1, 0.15) is 24.2 Å². The third kappa shape index (κ3) is 3.71. The number of benzene rings is 2. The van der Waals surface area contributed by atoms with E-state index in [1.807, 2.05) is 25.1 Å². The molecule has 2 N–H and O–H groups in total. The lowest BCUT2D eigenvalue weighted by Crippen LogP contribution is -2.40. The molecule has 126 valence electrons. The Hall–Kier alpha value is -2.04.